The molecule has 3 aromatic rings. The fourth-order valence-electron chi connectivity index (χ4n) is 5.14. The first kappa shape index (κ1) is 37.9. The number of hydrogen-bond donors (Lipinski definition) is 1. The van der Waals surface area contributed by atoms with Gasteiger partial charge < -0.3 is 5.32 Å². The fraction of sp³-hybridized carbons (Fsp3) is 0.488. The van der Waals surface area contributed by atoms with Crippen LogP contribution in [0.25, 0.3) is 6.08 Å². The number of aryl methyl sites for hydroxylation is 4. The third kappa shape index (κ3) is 13.8. The number of anilines is 1. The molecule has 3 aromatic carbocycles. The van der Waals surface area contributed by atoms with Gasteiger partial charge in [-0.2, -0.15) is 0 Å². The molecule has 43 heavy (non-hydrogen) atoms. The van der Waals surface area contributed by atoms with Gasteiger partial charge >= 0.3 is 0 Å². The van der Waals surface area contributed by atoms with Crippen LogP contribution in [0.3, 0.4) is 0 Å². The molecule has 0 fully saturated rings. The van der Waals surface area contributed by atoms with Crippen molar-refractivity contribution in [2.24, 2.45) is 5.92 Å². The summed E-state index contributed by atoms with van der Waals surface area (Å²) in [6.45, 7) is 23.5. The summed E-state index contributed by atoms with van der Waals surface area (Å²) in [4.78, 5) is 11.8. The molecule has 0 aliphatic rings. The predicted octanol–water partition coefficient (Wildman–Crippen LogP) is 12.4. The van der Waals surface area contributed by atoms with Crippen LogP contribution in [0.15, 0.2) is 66.7 Å². The topological polar surface area (TPSA) is 29.1 Å². The molecule has 2 heteroatoms. The summed E-state index contributed by atoms with van der Waals surface area (Å²) < 4.78 is 0. The van der Waals surface area contributed by atoms with Gasteiger partial charge in [0.15, 0.2) is 0 Å². The zero-order chi connectivity index (χ0) is 32.4. The lowest BCUT2D eigenvalue weighted by molar-refractivity contribution is -0.118. The average molecular weight is 584 g/mol. The molecule has 0 aliphatic carbocycles. The summed E-state index contributed by atoms with van der Waals surface area (Å²) in [5.74, 6) is 1.33. The lowest BCUT2D eigenvalue weighted by atomic mass is 9.89. The predicted molar refractivity (Wildman–Crippen MR) is 192 cm³/mol. The van der Waals surface area contributed by atoms with E-state index in [2.05, 4.69) is 134 Å². The van der Waals surface area contributed by atoms with Crippen LogP contribution in [-0.2, 0) is 11.2 Å². The molecule has 1 unspecified atom stereocenters. The zero-order valence-corrected chi connectivity index (χ0v) is 29.3. The second-order valence-electron chi connectivity index (χ2n) is 12.4. The van der Waals surface area contributed by atoms with Gasteiger partial charge in [-0.05, 0) is 104 Å². The van der Waals surface area contributed by atoms with E-state index in [4.69, 9.17) is 0 Å². The highest BCUT2D eigenvalue weighted by molar-refractivity contribution is 5.92. The molecule has 0 aliphatic heterocycles. The second kappa shape index (κ2) is 20.7. The van der Waals surface area contributed by atoms with Gasteiger partial charge in [0.25, 0.3) is 0 Å². The maximum atomic E-state index is 11.8. The number of hydrogen-bond acceptors (Lipinski definition) is 1. The maximum absolute atomic E-state index is 11.8. The Labute approximate surface area is 265 Å². The third-order valence-electron chi connectivity index (χ3n) is 7.92. The van der Waals surface area contributed by atoms with Crippen molar-refractivity contribution in [1.82, 2.24) is 0 Å². The van der Waals surface area contributed by atoms with E-state index in [1.54, 1.807) is 0 Å². The Balaban J connectivity index is 0.000000348. The summed E-state index contributed by atoms with van der Waals surface area (Å²) in [6.07, 6.45) is 11.6. The molecular formula is C41H61NO. The van der Waals surface area contributed by atoms with E-state index in [-0.39, 0.29) is 11.8 Å². The van der Waals surface area contributed by atoms with E-state index in [1.165, 1.54) is 71.0 Å². The standard InChI is InChI=1S/C18H29NO.C14H20.C9H12/c1-5-7-10-15(9-6-2)16-11-8-12-17(13-16)19-18(20)14(3)4;1-5-8-14-12(6-2)9-7-10-13(14)11(3)4;1-7-4-5-8(2)9(3)6-7/h8,11-15H,5-7,9-10H2,1-4H3,(H,19,20);5,7-11H,6H2,1-4H3;4-6H,1-3H3/b;8-5-;. The van der Waals surface area contributed by atoms with E-state index < -0.39 is 0 Å². The van der Waals surface area contributed by atoms with Gasteiger partial charge in [-0.25, -0.2) is 0 Å². The summed E-state index contributed by atoms with van der Waals surface area (Å²) in [6, 6.07) is 21.5. The van der Waals surface area contributed by atoms with E-state index in [0.29, 0.717) is 11.8 Å². The van der Waals surface area contributed by atoms with Crippen LogP contribution < -0.4 is 5.32 Å². The van der Waals surface area contributed by atoms with Crippen molar-refractivity contribution in [3.05, 3.63) is 106 Å². The Hall–Kier alpha value is -3.13. The monoisotopic (exact) mass is 583 g/mol. The van der Waals surface area contributed by atoms with Crippen molar-refractivity contribution < 1.29 is 4.79 Å². The second-order valence-corrected chi connectivity index (χ2v) is 12.4. The Morgan fingerprint density at radius 1 is 0.814 bits per heavy atom. The van der Waals surface area contributed by atoms with E-state index in [1.807, 2.05) is 19.9 Å². The number of carbonyl (C=O) groups is 1. The summed E-state index contributed by atoms with van der Waals surface area (Å²) in [5, 5.41) is 3.00. The van der Waals surface area contributed by atoms with Gasteiger partial charge in [-0.1, -0.05) is 134 Å². The zero-order valence-electron chi connectivity index (χ0n) is 29.3. The Kier molecular flexibility index (Phi) is 18.3. The molecule has 0 spiro atoms. The van der Waals surface area contributed by atoms with Crippen LogP contribution in [0.1, 0.15) is 138 Å². The molecule has 236 valence electrons. The number of carbonyl (C=O) groups excluding carboxylic acids is 1. The molecule has 1 amide bonds. The quantitative estimate of drug-likeness (QED) is 0.239. The van der Waals surface area contributed by atoms with E-state index in [0.717, 1.165) is 12.1 Å². The minimum Gasteiger partial charge on any atom is -0.326 e. The van der Waals surface area contributed by atoms with Gasteiger partial charge in [0.05, 0.1) is 0 Å². The number of nitrogens with one attached hydrogen (secondary N) is 1. The van der Waals surface area contributed by atoms with E-state index >= 15 is 0 Å². The van der Waals surface area contributed by atoms with Crippen LogP contribution in [0.2, 0.25) is 0 Å². The molecule has 1 N–H and O–H groups in total. The molecule has 0 saturated heterocycles. The van der Waals surface area contributed by atoms with Gasteiger partial charge in [0.2, 0.25) is 5.91 Å². The summed E-state index contributed by atoms with van der Waals surface area (Å²) >= 11 is 0. The van der Waals surface area contributed by atoms with Crippen molar-refractivity contribution in [3.8, 4) is 0 Å². The molecule has 1 atom stereocenters. The molecule has 0 radical (unpaired) electrons. The molecule has 0 bridgehead atoms. The van der Waals surface area contributed by atoms with Crippen molar-refractivity contribution in [2.45, 2.75) is 127 Å². The van der Waals surface area contributed by atoms with Crippen LogP contribution in [-0.4, -0.2) is 5.91 Å². The molecular weight excluding hydrogens is 522 g/mol. The SMILES string of the molecule is C/C=C\c1c(CC)cccc1C(C)C.CCCCC(CCC)c1cccc(NC(=O)C(C)C)c1.Cc1ccc(C)c(C)c1. The summed E-state index contributed by atoms with van der Waals surface area (Å²) in [5.41, 5.74) is 10.7. The van der Waals surface area contributed by atoms with Crippen molar-refractivity contribution in [3.63, 3.8) is 0 Å². The van der Waals surface area contributed by atoms with Crippen LogP contribution >= 0.6 is 0 Å². The minimum absolute atomic E-state index is 0.0187. The highest BCUT2D eigenvalue weighted by Gasteiger charge is 2.12. The fourth-order valence-corrected chi connectivity index (χ4v) is 5.14. The largest absolute Gasteiger partial charge is 0.326 e. The molecule has 0 aromatic heterocycles. The minimum atomic E-state index is 0.0187. The number of allylic oxidation sites excluding steroid dienone is 1. The third-order valence-corrected chi connectivity index (χ3v) is 7.92. The van der Waals surface area contributed by atoms with Crippen molar-refractivity contribution >= 4 is 17.7 Å². The highest BCUT2D eigenvalue weighted by Crippen LogP contribution is 2.29. The molecule has 3 rings (SSSR count). The molecule has 2 nitrogen and oxygen atoms in total. The number of benzene rings is 3. The Morgan fingerprint density at radius 3 is 2.05 bits per heavy atom. The van der Waals surface area contributed by atoms with Gasteiger partial charge in [0.1, 0.15) is 0 Å². The average Bonchev–Trinajstić information content (AvgIpc) is 2.98. The first-order chi connectivity index (χ1) is 20.5. The lowest BCUT2D eigenvalue weighted by Gasteiger charge is -2.18. The number of rotatable bonds is 11. The van der Waals surface area contributed by atoms with Crippen LogP contribution in [0, 0.1) is 26.7 Å². The smallest absolute Gasteiger partial charge is 0.226 e. The maximum Gasteiger partial charge on any atom is 0.226 e. The first-order valence-electron chi connectivity index (χ1n) is 16.7. The Bertz CT molecular complexity index is 1250. The highest BCUT2D eigenvalue weighted by atomic mass is 16.1. The van der Waals surface area contributed by atoms with Gasteiger partial charge in [-0.15, -0.1) is 0 Å². The lowest BCUT2D eigenvalue weighted by Crippen LogP contribution is -2.17. The van der Waals surface area contributed by atoms with E-state index in [9.17, 15) is 4.79 Å². The summed E-state index contributed by atoms with van der Waals surface area (Å²) in [7, 11) is 0. The van der Waals surface area contributed by atoms with Crippen molar-refractivity contribution in [1.29, 1.82) is 0 Å². The van der Waals surface area contributed by atoms with Crippen LogP contribution in [0.4, 0.5) is 5.69 Å². The Morgan fingerprint density at radius 2 is 1.51 bits per heavy atom. The number of amides is 1. The van der Waals surface area contributed by atoms with Crippen molar-refractivity contribution in [2.75, 3.05) is 5.32 Å². The normalized spacial score (nSPS) is 11.6. The van der Waals surface area contributed by atoms with Crippen LogP contribution in [0.5, 0.6) is 0 Å². The van der Waals surface area contributed by atoms with Gasteiger partial charge in [-0.3, -0.25) is 4.79 Å². The number of unbranched alkanes of at least 4 members (excludes halogenated alkanes) is 1. The molecule has 0 heterocycles. The van der Waals surface area contributed by atoms with Gasteiger partial charge in [0, 0.05) is 11.6 Å². The molecule has 0 saturated carbocycles. The first-order valence-corrected chi connectivity index (χ1v) is 16.7.